The van der Waals surface area contributed by atoms with E-state index >= 15 is 0 Å². The van der Waals surface area contributed by atoms with Gasteiger partial charge in [0.05, 0.1) is 5.58 Å². The number of para-hydroxylation sites is 1. The smallest absolute Gasteiger partial charge is 0 e. The molecule has 239 valence electrons. The van der Waals surface area contributed by atoms with Gasteiger partial charge in [0, 0.05) is 31.7 Å². The molecule has 0 aliphatic carbocycles. The Labute approximate surface area is 295 Å². The Kier molecular flexibility index (Phi) is 11.0. The van der Waals surface area contributed by atoms with Gasteiger partial charge in [-0.25, -0.2) is 0 Å². The van der Waals surface area contributed by atoms with E-state index in [4.69, 9.17) is 4.42 Å². The van der Waals surface area contributed by atoms with Crippen molar-refractivity contribution in [2.75, 3.05) is 0 Å². The molecule has 7 rings (SSSR count). The Morgan fingerprint density at radius 2 is 1.49 bits per heavy atom. The maximum absolute atomic E-state index is 6.38. The molecule has 47 heavy (non-hydrogen) atoms. The second kappa shape index (κ2) is 14.9. The van der Waals surface area contributed by atoms with Gasteiger partial charge in [-0.1, -0.05) is 97.6 Å². The Morgan fingerprint density at radius 1 is 0.745 bits per heavy atom. The minimum atomic E-state index is -1.72. The standard InChI is InChI=1S/C28H24NO.C14H16GeN.Ir/c1-18(2)19(3)21-15-16-29-25(17-21)23-14-13-22(20-9-5-4-6-10-20)27-24-11-7-8-12-26(24)30-28(23)27;1-15(2,3)13-9-10-14(16-11-13)12-7-5-4-6-8-12;/h4-13,15-19H,1-3H3;4-7,9-11H,1-3H3;/q2*-1;. The summed E-state index contributed by atoms with van der Waals surface area (Å²) < 4.78 is 7.82. The van der Waals surface area contributed by atoms with Crippen LogP contribution < -0.4 is 4.40 Å². The summed E-state index contributed by atoms with van der Waals surface area (Å²) in [6, 6.07) is 44.0. The van der Waals surface area contributed by atoms with Crippen LogP contribution in [-0.4, -0.2) is 23.2 Å². The van der Waals surface area contributed by atoms with Crippen molar-refractivity contribution in [3.8, 4) is 33.6 Å². The van der Waals surface area contributed by atoms with Crippen molar-refractivity contribution in [3.63, 3.8) is 0 Å². The maximum atomic E-state index is 6.38. The molecule has 0 fully saturated rings. The van der Waals surface area contributed by atoms with Crippen molar-refractivity contribution in [2.24, 2.45) is 5.92 Å². The van der Waals surface area contributed by atoms with Gasteiger partial charge in [0.15, 0.2) is 0 Å². The van der Waals surface area contributed by atoms with Gasteiger partial charge in [0.2, 0.25) is 0 Å². The van der Waals surface area contributed by atoms with Crippen LogP contribution in [0.1, 0.15) is 32.3 Å². The monoisotopic (exact) mass is 855 g/mol. The van der Waals surface area contributed by atoms with Crippen molar-refractivity contribution in [1.82, 2.24) is 9.97 Å². The fraction of sp³-hybridized carbons (Fsp3) is 0.190. The predicted molar refractivity (Wildman–Crippen MR) is 196 cm³/mol. The van der Waals surface area contributed by atoms with E-state index in [-0.39, 0.29) is 20.1 Å². The summed E-state index contributed by atoms with van der Waals surface area (Å²) in [5, 5.41) is 2.24. The van der Waals surface area contributed by atoms with Gasteiger partial charge in [-0.15, -0.1) is 12.1 Å². The number of rotatable bonds is 6. The molecule has 0 aliphatic rings. The van der Waals surface area contributed by atoms with Gasteiger partial charge in [-0.2, -0.15) is 0 Å². The van der Waals surface area contributed by atoms with Crippen molar-refractivity contribution >= 4 is 39.6 Å². The number of furan rings is 1. The van der Waals surface area contributed by atoms with Crippen LogP contribution in [-0.2, 0) is 20.1 Å². The van der Waals surface area contributed by atoms with Crippen molar-refractivity contribution in [2.45, 2.75) is 44.0 Å². The average molecular weight is 854 g/mol. The molecule has 0 saturated carbocycles. The van der Waals surface area contributed by atoms with Crippen LogP contribution in [0.4, 0.5) is 0 Å². The Bertz CT molecular complexity index is 2060. The quantitative estimate of drug-likeness (QED) is 0.124. The molecule has 3 nitrogen and oxygen atoms in total. The van der Waals surface area contributed by atoms with Crippen LogP contribution in [0.5, 0.6) is 0 Å². The van der Waals surface area contributed by atoms with E-state index in [1.54, 1.807) is 0 Å². The summed E-state index contributed by atoms with van der Waals surface area (Å²) in [6.45, 7) is 6.77. The number of aromatic nitrogens is 2. The molecule has 3 heterocycles. The van der Waals surface area contributed by atoms with Gasteiger partial charge in [0.25, 0.3) is 0 Å². The zero-order valence-electron chi connectivity index (χ0n) is 27.8. The molecule has 0 spiro atoms. The van der Waals surface area contributed by atoms with Crippen molar-refractivity contribution < 1.29 is 24.5 Å². The summed E-state index contributed by atoms with van der Waals surface area (Å²) in [4.78, 5) is 9.21. The van der Waals surface area contributed by atoms with Gasteiger partial charge < -0.3 is 9.40 Å². The molecule has 1 radical (unpaired) electrons. The predicted octanol–water partition coefficient (Wildman–Crippen LogP) is 11.0. The number of pyridine rings is 2. The molecule has 0 bridgehead atoms. The molecule has 0 saturated heterocycles. The topological polar surface area (TPSA) is 38.9 Å². The number of nitrogens with zero attached hydrogens (tertiary/aromatic N) is 2. The van der Waals surface area contributed by atoms with Gasteiger partial charge >= 0.3 is 99.8 Å². The summed E-state index contributed by atoms with van der Waals surface area (Å²) >= 11 is -1.72. The number of hydrogen-bond acceptors (Lipinski definition) is 3. The molecule has 4 aromatic carbocycles. The second-order valence-corrected chi connectivity index (χ2v) is 23.9. The summed E-state index contributed by atoms with van der Waals surface area (Å²) in [6.07, 6.45) is 3.94. The van der Waals surface area contributed by atoms with E-state index in [0.717, 1.165) is 55.6 Å². The minimum Gasteiger partial charge on any atom is 0 e. The molecule has 0 amide bonds. The number of benzene rings is 4. The third kappa shape index (κ3) is 7.67. The van der Waals surface area contributed by atoms with Crippen molar-refractivity contribution in [1.29, 1.82) is 0 Å². The maximum Gasteiger partial charge on any atom is 0 e. The first kappa shape index (κ1) is 34.5. The van der Waals surface area contributed by atoms with E-state index in [1.807, 2.05) is 54.9 Å². The van der Waals surface area contributed by atoms with Gasteiger partial charge in [-0.3, -0.25) is 0 Å². The van der Waals surface area contributed by atoms with Crippen LogP contribution in [0.15, 0.2) is 126 Å². The summed E-state index contributed by atoms with van der Waals surface area (Å²) in [5.74, 6) is 8.17. The largest absolute Gasteiger partial charge is 0 e. The van der Waals surface area contributed by atoms with Crippen LogP contribution in [0, 0.1) is 18.1 Å². The molecule has 5 heteroatoms. The van der Waals surface area contributed by atoms with Crippen LogP contribution in [0.2, 0.25) is 17.3 Å². The zero-order valence-corrected chi connectivity index (χ0v) is 32.3. The van der Waals surface area contributed by atoms with Crippen LogP contribution >= 0.6 is 0 Å². The van der Waals surface area contributed by atoms with Crippen LogP contribution in [0.3, 0.4) is 0 Å². The number of fused-ring (bicyclic) bond motifs is 3. The fourth-order valence-corrected chi connectivity index (χ4v) is 7.78. The Hall–Kier alpha value is -3.83. The normalized spacial score (nSPS) is 12.0. The van der Waals surface area contributed by atoms with E-state index in [1.165, 1.54) is 9.96 Å². The third-order valence-electron chi connectivity index (χ3n) is 8.72. The molecule has 7 aromatic rings. The SMILES string of the molecule is CC(C)C(C)c1ccnc(-c2[c-]cc(-c3ccccc3)c3c2oc2ccccc23)c1.[CH3][Ge]([CH3])([CH3])[c]1ccc(-c2[c-]cccc2)nc1.[Ir]. The molecular weight excluding hydrogens is 813 g/mol. The van der Waals surface area contributed by atoms with E-state index in [2.05, 4.69) is 127 Å². The first-order valence-electron chi connectivity index (χ1n) is 16.0. The molecule has 0 N–H and O–H groups in total. The summed E-state index contributed by atoms with van der Waals surface area (Å²) in [5.41, 5.74) is 9.21. The Balaban J connectivity index is 0.000000217. The summed E-state index contributed by atoms with van der Waals surface area (Å²) in [7, 11) is 0. The molecule has 1 unspecified atom stereocenters. The molecule has 1 atom stereocenters. The molecule has 3 aromatic heterocycles. The van der Waals surface area contributed by atoms with E-state index in [0.29, 0.717) is 11.8 Å². The number of hydrogen-bond donors (Lipinski definition) is 0. The van der Waals surface area contributed by atoms with E-state index < -0.39 is 13.3 Å². The second-order valence-electron chi connectivity index (χ2n) is 13.2. The van der Waals surface area contributed by atoms with E-state index in [9.17, 15) is 0 Å². The third-order valence-corrected chi connectivity index (χ3v) is 13.0. The zero-order chi connectivity index (χ0) is 32.3. The van der Waals surface area contributed by atoms with Gasteiger partial charge in [-0.05, 0) is 35.0 Å². The minimum absolute atomic E-state index is 0. The molecular formula is C42H40GeIrN2O-2. The van der Waals surface area contributed by atoms with Gasteiger partial charge in [0.1, 0.15) is 5.58 Å². The Morgan fingerprint density at radius 3 is 2.17 bits per heavy atom. The first-order chi connectivity index (χ1) is 22.2. The molecule has 0 aliphatic heterocycles. The van der Waals surface area contributed by atoms with Crippen LogP contribution in [0.25, 0.3) is 55.6 Å². The fourth-order valence-electron chi connectivity index (χ4n) is 5.61. The van der Waals surface area contributed by atoms with Crippen molar-refractivity contribution in [3.05, 3.63) is 139 Å². The average Bonchev–Trinajstić information content (AvgIpc) is 3.48. The first-order valence-corrected chi connectivity index (χ1v) is 23.4.